The van der Waals surface area contributed by atoms with E-state index in [1.807, 2.05) is 20.9 Å². The molecular weight excluding hydrogens is 314 g/mol. The van der Waals surface area contributed by atoms with E-state index in [1.165, 1.54) is 5.56 Å². The largest absolute Gasteiger partial charge is 0.354 e. The van der Waals surface area contributed by atoms with Gasteiger partial charge in [0.05, 0.1) is 0 Å². The Labute approximate surface area is 151 Å². The van der Waals surface area contributed by atoms with Crippen LogP contribution in [0.4, 0.5) is 0 Å². The molecule has 1 amide bonds. The normalized spacial score (nSPS) is 16.2. The second-order valence-corrected chi connectivity index (χ2v) is 6.67. The molecule has 138 valence electrons. The van der Waals surface area contributed by atoms with Crippen LogP contribution in [-0.2, 0) is 11.3 Å². The molecule has 1 aliphatic rings. The predicted octanol–water partition coefficient (Wildman–Crippen LogP) is 1.15. The van der Waals surface area contributed by atoms with Crippen molar-refractivity contribution in [3.63, 3.8) is 0 Å². The van der Waals surface area contributed by atoms with Crippen molar-refractivity contribution in [2.45, 2.75) is 20.4 Å². The Balaban J connectivity index is 1.70. The number of amides is 1. The Bertz CT molecular complexity index is 550. The second kappa shape index (κ2) is 10.0. The van der Waals surface area contributed by atoms with Gasteiger partial charge in [-0.15, -0.1) is 0 Å². The summed E-state index contributed by atoms with van der Waals surface area (Å²) in [4.78, 5) is 20.7. The summed E-state index contributed by atoms with van der Waals surface area (Å²) in [5.41, 5.74) is 1.36. The zero-order valence-electron chi connectivity index (χ0n) is 15.7. The number of hydrogen-bond acceptors (Lipinski definition) is 3. The summed E-state index contributed by atoms with van der Waals surface area (Å²) in [7, 11) is 1.81. The smallest absolute Gasteiger partial charge is 0.222 e. The third kappa shape index (κ3) is 6.38. The first-order valence-electron chi connectivity index (χ1n) is 9.09. The zero-order chi connectivity index (χ0) is 18.1. The molecule has 6 nitrogen and oxygen atoms in total. The van der Waals surface area contributed by atoms with Crippen molar-refractivity contribution in [2.24, 2.45) is 10.9 Å². The highest BCUT2D eigenvalue weighted by atomic mass is 16.1. The Hall–Kier alpha value is -2.08. The fraction of sp³-hybridized carbons (Fsp3) is 0.579. The molecule has 0 aromatic heterocycles. The number of rotatable bonds is 6. The van der Waals surface area contributed by atoms with Crippen LogP contribution in [0, 0.1) is 5.92 Å². The molecule has 25 heavy (non-hydrogen) atoms. The molecule has 0 aliphatic carbocycles. The van der Waals surface area contributed by atoms with Crippen LogP contribution in [0.5, 0.6) is 0 Å². The molecule has 2 rings (SSSR count). The van der Waals surface area contributed by atoms with Gasteiger partial charge >= 0.3 is 0 Å². The standard InChI is InChI=1S/C19H31N5O/c1-16(2)18(25)21-9-10-22-19(20-3)24-13-11-23(12-14-24)15-17-7-5-4-6-8-17/h4-8,16H,9-15H2,1-3H3,(H,20,22)(H,21,25). The van der Waals surface area contributed by atoms with Crippen molar-refractivity contribution >= 4 is 11.9 Å². The lowest BCUT2D eigenvalue weighted by molar-refractivity contribution is -0.123. The fourth-order valence-corrected chi connectivity index (χ4v) is 2.86. The number of guanidine groups is 1. The van der Waals surface area contributed by atoms with Crippen LogP contribution in [0.1, 0.15) is 19.4 Å². The number of hydrogen-bond donors (Lipinski definition) is 2. The van der Waals surface area contributed by atoms with Crippen LogP contribution < -0.4 is 10.6 Å². The molecule has 1 aromatic rings. The van der Waals surface area contributed by atoms with E-state index in [1.54, 1.807) is 0 Å². The highest BCUT2D eigenvalue weighted by Crippen LogP contribution is 2.08. The van der Waals surface area contributed by atoms with Crippen molar-refractivity contribution in [2.75, 3.05) is 46.3 Å². The molecule has 1 saturated heterocycles. The number of benzene rings is 1. The molecule has 0 unspecified atom stereocenters. The first-order chi connectivity index (χ1) is 12.1. The lowest BCUT2D eigenvalue weighted by Gasteiger charge is -2.36. The number of aliphatic imine (C=N–C) groups is 1. The van der Waals surface area contributed by atoms with E-state index >= 15 is 0 Å². The molecule has 1 aromatic carbocycles. The number of carbonyl (C=O) groups is 1. The molecule has 1 aliphatic heterocycles. The van der Waals surface area contributed by atoms with Crippen LogP contribution >= 0.6 is 0 Å². The third-order valence-electron chi connectivity index (χ3n) is 4.36. The summed E-state index contributed by atoms with van der Waals surface area (Å²) in [6.45, 7) is 10.1. The number of nitrogens with one attached hydrogen (secondary N) is 2. The lowest BCUT2D eigenvalue weighted by atomic mass is 10.2. The van der Waals surface area contributed by atoms with Crippen molar-refractivity contribution < 1.29 is 4.79 Å². The molecule has 0 atom stereocenters. The molecule has 0 radical (unpaired) electrons. The Morgan fingerprint density at radius 2 is 1.72 bits per heavy atom. The van der Waals surface area contributed by atoms with E-state index < -0.39 is 0 Å². The SMILES string of the molecule is CN=C(NCCNC(=O)C(C)C)N1CCN(Cc2ccccc2)CC1. The number of carbonyl (C=O) groups excluding carboxylic acids is 1. The average molecular weight is 345 g/mol. The first kappa shape index (κ1) is 19.2. The van der Waals surface area contributed by atoms with E-state index in [2.05, 4.69) is 55.8 Å². The molecule has 0 bridgehead atoms. The fourth-order valence-electron chi connectivity index (χ4n) is 2.86. The summed E-state index contributed by atoms with van der Waals surface area (Å²) in [6, 6.07) is 10.6. The first-order valence-corrected chi connectivity index (χ1v) is 9.09. The summed E-state index contributed by atoms with van der Waals surface area (Å²) in [5, 5.41) is 6.26. The van der Waals surface area contributed by atoms with Gasteiger partial charge in [0, 0.05) is 58.8 Å². The molecule has 0 saturated carbocycles. The van der Waals surface area contributed by atoms with Gasteiger partial charge in [-0.1, -0.05) is 44.2 Å². The van der Waals surface area contributed by atoms with Gasteiger partial charge in [0.15, 0.2) is 5.96 Å². The van der Waals surface area contributed by atoms with E-state index in [9.17, 15) is 4.79 Å². The maximum atomic E-state index is 11.6. The van der Waals surface area contributed by atoms with Gasteiger partial charge in [-0.25, -0.2) is 0 Å². The summed E-state index contributed by atoms with van der Waals surface area (Å²) < 4.78 is 0. The van der Waals surface area contributed by atoms with E-state index in [4.69, 9.17) is 0 Å². The Morgan fingerprint density at radius 3 is 2.32 bits per heavy atom. The summed E-state index contributed by atoms with van der Waals surface area (Å²) in [6.07, 6.45) is 0. The predicted molar refractivity (Wildman–Crippen MR) is 103 cm³/mol. The zero-order valence-corrected chi connectivity index (χ0v) is 15.7. The van der Waals surface area contributed by atoms with Crippen LogP contribution in [0.3, 0.4) is 0 Å². The van der Waals surface area contributed by atoms with Crippen molar-refractivity contribution in [1.82, 2.24) is 20.4 Å². The average Bonchev–Trinajstić information content (AvgIpc) is 2.63. The van der Waals surface area contributed by atoms with Gasteiger partial charge in [0.25, 0.3) is 0 Å². The third-order valence-corrected chi connectivity index (χ3v) is 4.36. The molecule has 2 N–H and O–H groups in total. The quantitative estimate of drug-likeness (QED) is 0.461. The van der Waals surface area contributed by atoms with Crippen LogP contribution in [0.2, 0.25) is 0 Å². The van der Waals surface area contributed by atoms with Crippen LogP contribution in [0.25, 0.3) is 0 Å². The number of piperazine rings is 1. The van der Waals surface area contributed by atoms with E-state index in [0.717, 1.165) is 38.7 Å². The van der Waals surface area contributed by atoms with E-state index in [0.29, 0.717) is 13.1 Å². The van der Waals surface area contributed by atoms with Gasteiger partial charge in [-0.3, -0.25) is 14.7 Å². The topological polar surface area (TPSA) is 60.0 Å². The highest BCUT2D eigenvalue weighted by molar-refractivity contribution is 5.80. The molecule has 0 spiro atoms. The van der Waals surface area contributed by atoms with Crippen molar-refractivity contribution in [3.8, 4) is 0 Å². The number of nitrogens with zero attached hydrogens (tertiary/aromatic N) is 3. The Kier molecular flexibility index (Phi) is 7.73. The molecule has 6 heteroatoms. The molecule has 1 heterocycles. The van der Waals surface area contributed by atoms with Crippen molar-refractivity contribution in [1.29, 1.82) is 0 Å². The van der Waals surface area contributed by atoms with Gasteiger partial charge in [-0.2, -0.15) is 0 Å². The minimum Gasteiger partial charge on any atom is -0.354 e. The van der Waals surface area contributed by atoms with E-state index in [-0.39, 0.29) is 11.8 Å². The minimum absolute atomic E-state index is 0.0250. The van der Waals surface area contributed by atoms with Crippen molar-refractivity contribution in [3.05, 3.63) is 35.9 Å². The maximum absolute atomic E-state index is 11.6. The second-order valence-electron chi connectivity index (χ2n) is 6.67. The molecule has 1 fully saturated rings. The monoisotopic (exact) mass is 345 g/mol. The van der Waals surface area contributed by atoms with Crippen LogP contribution in [0.15, 0.2) is 35.3 Å². The van der Waals surface area contributed by atoms with Gasteiger partial charge in [0.2, 0.25) is 5.91 Å². The highest BCUT2D eigenvalue weighted by Gasteiger charge is 2.19. The summed E-state index contributed by atoms with van der Waals surface area (Å²) >= 11 is 0. The van der Waals surface area contributed by atoms with Crippen LogP contribution in [-0.4, -0.2) is 68.0 Å². The van der Waals surface area contributed by atoms with Gasteiger partial charge < -0.3 is 15.5 Å². The lowest BCUT2D eigenvalue weighted by Crippen LogP contribution is -2.53. The Morgan fingerprint density at radius 1 is 1.08 bits per heavy atom. The van der Waals surface area contributed by atoms with Gasteiger partial charge in [0.1, 0.15) is 0 Å². The minimum atomic E-state index is 0.0250. The summed E-state index contributed by atoms with van der Waals surface area (Å²) in [5.74, 6) is 1.03. The van der Waals surface area contributed by atoms with Gasteiger partial charge in [-0.05, 0) is 5.56 Å². The maximum Gasteiger partial charge on any atom is 0.222 e. The molecular formula is C19H31N5O.